The molecule has 0 bridgehead atoms. The van der Waals surface area contributed by atoms with Crippen molar-refractivity contribution < 1.29 is 18.0 Å². The lowest BCUT2D eigenvalue weighted by atomic mass is 9.96. The number of amides is 2. The summed E-state index contributed by atoms with van der Waals surface area (Å²) < 4.78 is 27.5. The molecule has 2 fully saturated rings. The fourth-order valence-corrected chi connectivity index (χ4v) is 6.83. The first-order chi connectivity index (χ1) is 13.8. The van der Waals surface area contributed by atoms with Crippen LogP contribution in [0.1, 0.15) is 61.7 Å². The Morgan fingerprint density at radius 3 is 2.28 bits per heavy atom. The molecular formula is C20H31N3O4S2. The second-order valence-corrected chi connectivity index (χ2v) is 11.3. The van der Waals surface area contributed by atoms with Gasteiger partial charge in [0.15, 0.2) is 0 Å². The van der Waals surface area contributed by atoms with Crippen molar-refractivity contribution >= 4 is 33.2 Å². The first-order valence-electron chi connectivity index (χ1n) is 10.4. The van der Waals surface area contributed by atoms with Gasteiger partial charge in [0.05, 0.1) is 5.56 Å². The summed E-state index contributed by atoms with van der Waals surface area (Å²) in [6.45, 7) is 0.667. The van der Waals surface area contributed by atoms with E-state index in [1.165, 1.54) is 41.0 Å². The van der Waals surface area contributed by atoms with Gasteiger partial charge in [-0.25, -0.2) is 8.42 Å². The van der Waals surface area contributed by atoms with Gasteiger partial charge in [-0.05, 0) is 31.7 Å². The van der Waals surface area contributed by atoms with Crippen LogP contribution >= 0.6 is 11.3 Å². The van der Waals surface area contributed by atoms with Gasteiger partial charge in [0.1, 0.15) is 4.21 Å². The van der Waals surface area contributed by atoms with Crippen LogP contribution in [0.4, 0.5) is 0 Å². The lowest BCUT2D eigenvalue weighted by Crippen LogP contribution is -2.45. The van der Waals surface area contributed by atoms with Crippen LogP contribution in [0.3, 0.4) is 0 Å². The molecule has 0 aromatic carbocycles. The van der Waals surface area contributed by atoms with Crippen LogP contribution < -0.4 is 5.32 Å². The molecule has 1 N–H and O–H groups in total. The normalized spacial score (nSPS) is 20.2. The van der Waals surface area contributed by atoms with Crippen LogP contribution in [0.25, 0.3) is 0 Å². The number of nitrogens with zero attached hydrogens (tertiary/aromatic N) is 2. The summed E-state index contributed by atoms with van der Waals surface area (Å²) in [7, 11) is -0.356. The standard InChI is InChI=1S/C20H31N3O4S2/c1-22(2)20(25)16-13-18(28-14-16)29(26,27)23-11-9-15(10-12-23)19(24)21-17-7-5-3-4-6-8-17/h13-15,17H,3-12H2,1-2H3,(H,21,24). The van der Waals surface area contributed by atoms with Gasteiger partial charge in [-0.15, -0.1) is 11.3 Å². The minimum absolute atomic E-state index is 0.0731. The molecule has 1 aromatic rings. The van der Waals surface area contributed by atoms with E-state index < -0.39 is 10.0 Å². The molecule has 2 heterocycles. The summed E-state index contributed by atoms with van der Waals surface area (Å²) in [5.74, 6) is -0.264. The fraction of sp³-hybridized carbons (Fsp3) is 0.700. The molecule has 1 saturated heterocycles. The number of hydrogen-bond acceptors (Lipinski definition) is 5. The molecule has 2 amide bonds. The zero-order valence-electron chi connectivity index (χ0n) is 17.2. The maximum Gasteiger partial charge on any atom is 0.254 e. The predicted molar refractivity (Wildman–Crippen MR) is 113 cm³/mol. The van der Waals surface area contributed by atoms with E-state index in [0.717, 1.165) is 24.2 Å². The minimum atomic E-state index is -3.63. The number of carbonyl (C=O) groups excluding carboxylic acids is 2. The number of rotatable bonds is 5. The van der Waals surface area contributed by atoms with E-state index in [0.29, 0.717) is 31.5 Å². The van der Waals surface area contributed by atoms with Gasteiger partial charge < -0.3 is 10.2 Å². The quantitative estimate of drug-likeness (QED) is 0.712. The average Bonchev–Trinajstić information content (AvgIpc) is 3.07. The second-order valence-electron chi connectivity index (χ2n) is 8.23. The summed E-state index contributed by atoms with van der Waals surface area (Å²) in [6, 6.07) is 1.72. The summed E-state index contributed by atoms with van der Waals surface area (Å²) in [5.41, 5.74) is 0.385. The summed E-state index contributed by atoms with van der Waals surface area (Å²) in [5, 5.41) is 4.78. The van der Waals surface area contributed by atoms with Crippen molar-refractivity contribution in [3.63, 3.8) is 0 Å². The van der Waals surface area contributed by atoms with Crippen LogP contribution in [0, 0.1) is 5.92 Å². The molecule has 1 aliphatic carbocycles. The van der Waals surface area contributed by atoms with Crippen LogP contribution in [0.5, 0.6) is 0 Å². The van der Waals surface area contributed by atoms with Gasteiger partial charge in [0, 0.05) is 44.5 Å². The Bertz CT molecular complexity index is 819. The Balaban J connectivity index is 1.56. The van der Waals surface area contributed by atoms with Crippen molar-refractivity contribution in [1.82, 2.24) is 14.5 Å². The van der Waals surface area contributed by atoms with Gasteiger partial charge in [0.2, 0.25) is 5.91 Å². The van der Waals surface area contributed by atoms with Gasteiger partial charge in [-0.2, -0.15) is 4.31 Å². The molecule has 1 saturated carbocycles. The van der Waals surface area contributed by atoms with Crippen molar-refractivity contribution in [2.45, 2.75) is 61.6 Å². The Hall–Kier alpha value is -1.45. The molecule has 2 aliphatic rings. The maximum atomic E-state index is 12.9. The van der Waals surface area contributed by atoms with Crippen LogP contribution in [0.15, 0.2) is 15.7 Å². The average molecular weight is 442 g/mol. The van der Waals surface area contributed by atoms with Crippen LogP contribution in [-0.4, -0.2) is 62.7 Å². The molecule has 0 unspecified atom stereocenters. The smallest absolute Gasteiger partial charge is 0.254 e. The third-order valence-electron chi connectivity index (χ3n) is 5.85. The first kappa shape index (κ1) is 22.2. The third-order valence-corrected chi connectivity index (χ3v) is 9.16. The second kappa shape index (κ2) is 9.57. The number of carbonyl (C=O) groups is 2. The molecule has 0 atom stereocenters. The van der Waals surface area contributed by atoms with E-state index in [9.17, 15) is 18.0 Å². The lowest BCUT2D eigenvalue weighted by Gasteiger charge is -2.31. The van der Waals surface area contributed by atoms with Crippen LogP contribution in [0.2, 0.25) is 0 Å². The number of nitrogens with one attached hydrogen (secondary N) is 1. The van der Waals surface area contributed by atoms with Crippen molar-refractivity contribution in [3.05, 3.63) is 17.0 Å². The Labute approximate surface area is 177 Å². The number of sulfonamides is 1. The fourth-order valence-electron chi connectivity index (χ4n) is 4.05. The molecule has 9 heteroatoms. The predicted octanol–water partition coefficient (Wildman–Crippen LogP) is 2.69. The highest BCUT2D eigenvalue weighted by atomic mass is 32.2. The molecule has 7 nitrogen and oxygen atoms in total. The summed E-state index contributed by atoms with van der Waals surface area (Å²) in [4.78, 5) is 26.1. The highest BCUT2D eigenvalue weighted by Crippen LogP contribution is 2.28. The Kier molecular flexibility index (Phi) is 7.34. The van der Waals surface area contributed by atoms with E-state index >= 15 is 0 Å². The van der Waals surface area contributed by atoms with Crippen LogP contribution in [-0.2, 0) is 14.8 Å². The van der Waals surface area contributed by atoms with Crippen molar-refractivity contribution in [2.24, 2.45) is 5.92 Å². The first-order valence-corrected chi connectivity index (χ1v) is 12.7. The van der Waals surface area contributed by atoms with Crippen molar-refractivity contribution in [2.75, 3.05) is 27.2 Å². The topological polar surface area (TPSA) is 86.8 Å². The lowest BCUT2D eigenvalue weighted by molar-refractivity contribution is -0.126. The molecular weight excluding hydrogens is 410 g/mol. The SMILES string of the molecule is CN(C)C(=O)c1csc(S(=O)(=O)N2CCC(C(=O)NC3CCCCCC3)CC2)c1. The zero-order chi connectivity index (χ0) is 21.0. The monoisotopic (exact) mass is 441 g/mol. The summed E-state index contributed by atoms with van der Waals surface area (Å²) in [6.07, 6.45) is 7.98. The van der Waals surface area contributed by atoms with E-state index in [-0.39, 0.29) is 28.0 Å². The minimum Gasteiger partial charge on any atom is -0.353 e. The molecule has 0 radical (unpaired) electrons. The highest BCUT2D eigenvalue weighted by Gasteiger charge is 2.33. The zero-order valence-corrected chi connectivity index (χ0v) is 18.9. The molecule has 0 spiro atoms. The number of hydrogen-bond donors (Lipinski definition) is 1. The Morgan fingerprint density at radius 1 is 1.07 bits per heavy atom. The van der Waals surface area contributed by atoms with E-state index in [2.05, 4.69) is 5.32 Å². The van der Waals surface area contributed by atoms with E-state index in [1.807, 2.05) is 0 Å². The highest BCUT2D eigenvalue weighted by molar-refractivity contribution is 7.91. The van der Waals surface area contributed by atoms with Gasteiger partial charge >= 0.3 is 0 Å². The van der Waals surface area contributed by atoms with Crippen molar-refractivity contribution in [3.8, 4) is 0 Å². The van der Waals surface area contributed by atoms with E-state index in [1.54, 1.807) is 19.5 Å². The number of thiophene rings is 1. The number of piperidine rings is 1. The molecule has 162 valence electrons. The molecule has 3 rings (SSSR count). The molecule has 1 aliphatic heterocycles. The maximum absolute atomic E-state index is 12.9. The summed E-state index contributed by atoms with van der Waals surface area (Å²) >= 11 is 1.07. The van der Waals surface area contributed by atoms with Gasteiger partial charge in [-0.1, -0.05) is 25.7 Å². The Morgan fingerprint density at radius 2 is 1.69 bits per heavy atom. The van der Waals surface area contributed by atoms with Crippen molar-refractivity contribution in [1.29, 1.82) is 0 Å². The third kappa shape index (κ3) is 5.38. The van der Waals surface area contributed by atoms with E-state index in [4.69, 9.17) is 0 Å². The molecule has 29 heavy (non-hydrogen) atoms. The van der Waals surface area contributed by atoms with Gasteiger partial charge in [-0.3, -0.25) is 9.59 Å². The largest absolute Gasteiger partial charge is 0.353 e. The van der Waals surface area contributed by atoms with Gasteiger partial charge in [0.25, 0.3) is 15.9 Å². The molecule has 1 aromatic heterocycles.